The maximum absolute atomic E-state index is 5.60. The van der Waals surface area contributed by atoms with E-state index >= 15 is 0 Å². The molecule has 0 unspecified atom stereocenters. The second-order valence-electron chi connectivity index (χ2n) is 12.8. The molecule has 7 aromatic carbocycles. The van der Waals surface area contributed by atoms with Crippen molar-refractivity contribution in [3.8, 4) is 44.6 Å². The van der Waals surface area contributed by atoms with Gasteiger partial charge in [-0.3, -0.25) is 9.97 Å². The Morgan fingerprint density at radius 3 is 1.50 bits per heavy atom. The summed E-state index contributed by atoms with van der Waals surface area (Å²) in [5.74, 6) is 0. The molecular weight excluding hydrogens is 607 g/mol. The Bertz CT molecular complexity index is 2840. The average Bonchev–Trinajstić information content (AvgIpc) is 3.21. The molecule has 0 spiro atoms. The highest BCUT2D eigenvalue weighted by Gasteiger charge is 2.18. The monoisotopic (exact) mass is 635 g/mol. The third-order valence-electron chi connectivity index (χ3n) is 9.98. The fourth-order valence-corrected chi connectivity index (χ4v) is 7.64. The van der Waals surface area contributed by atoms with Crippen LogP contribution in [0.25, 0.3) is 98.6 Å². The molecule has 0 atom stereocenters. The summed E-state index contributed by atoms with van der Waals surface area (Å²) < 4.78 is 0. The van der Waals surface area contributed by atoms with Crippen molar-refractivity contribution < 1.29 is 0 Å². The maximum Gasteiger partial charge on any atom is 0.0800 e. The molecule has 0 aliphatic heterocycles. The molecule has 232 valence electrons. The number of hydrogen-bond donors (Lipinski definition) is 0. The van der Waals surface area contributed by atoms with Gasteiger partial charge in [0, 0.05) is 57.6 Å². The lowest BCUT2D eigenvalue weighted by molar-refractivity contribution is 1.32. The molecule has 0 bridgehead atoms. The van der Waals surface area contributed by atoms with E-state index in [1.165, 1.54) is 48.5 Å². The predicted molar refractivity (Wildman–Crippen MR) is 209 cm³/mol. The minimum atomic E-state index is 0.997. The number of nitrogens with zero attached hydrogens (tertiary/aromatic N) is 3. The van der Waals surface area contributed by atoms with Gasteiger partial charge in [-0.1, -0.05) is 121 Å². The van der Waals surface area contributed by atoms with Gasteiger partial charge in [0.25, 0.3) is 0 Å². The van der Waals surface area contributed by atoms with Crippen LogP contribution in [0.5, 0.6) is 0 Å². The number of hydrogen-bond acceptors (Lipinski definition) is 3. The molecule has 0 saturated carbocycles. The Hall–Kier alpha value is -6.71. The van der Waals surface area contributed by atoms with Gasteiger partial charge in [0.15, 0.2) is 0 Å². The van der Waals surface area contributed by atoms with Gasteiger partial charge in [0.1, 0.15) is 0 Å². The molecule has 0 aliphatic rings. The van der Waals surface area contributed by atoms with E-state index in [0.29, 0.717) is 0 Å². The molecule has 3 nitrogen and oxygen atoms in total. The van der Waals surface area contributed by atoms with Crippen molar-refractivity contribution in [3.05, 3.63) is 176 Å². The number of rotatable bonds is 4. The molecule has 10 aromatic rings. The minimum absolute atomic E-state index is 0.997. The Labute approximate surface area is 289 Å². The standard InChI is InChI=1S/C47H29N3/c1-2-12-38-31(9-1)21-22-43-44(38)46(50-47-42-16-6-4-14-40(42)39-13-3-5-15-41(39)45(43)47)32-19-17-30(18-20-32)35-25-36(33-10-7-23-48-28-33)27-37(26-35)34-11-8-24-49-29-34/h1-29H. The van der Waals surface area contributed by atoms with Crippen molar-refractivity contribution in [2.45, 2.75) is 0 Å². The van der Waals surface area contributed by atoms with Crippen LogP contribution in [-0.4, -0.2) is 15.0 Å². The Morgan fingerprint density at radius 1 is 0.320 bits per heavy atom. The molecular formula is C47H29N3. The van der Waals surface area contributed by atoms with Crippen LogP contribution in [0.2, 0.25) is 0 Å². The summed E-state index contributed by atoms with van der Waals surface area (Å²) in [6.45, 7) is 0. The first-order valence-electron chi connectivity index (χ1n) is 16.9. The van der Waals surface area contributed by atoms with E-state index < -0.39 is 0 Å². The van der Waals surface area contributed by atoms with E-state index in [0.717, 1.165) is 50.2 Å². The van der Waals surface area contributed by atoms with E-state index in [9.17, 15) is 0 Å². The Morgan fingerprint density at radius 2 is 0.860 bits per heavy atom. The molecule has 3 aromatic heterocycles. The number of aromatic nitrogens is 3. The first-order valence-corrected chi connectivity index (χ1v) is 16.9. The fourth-order valence-electron chi connectivity index (χ4n) is 7.64. The first-order chi connectivity index (χ1) is 24.8. The summed E-state index contributed by atoms with van der Waals surface area (Å²) in [5, 5.41) is 10.9. The van der Waals surface area contributed by atoms with E-state index in [2.05, 4.69) is 149 Å². The second-order valence-corrected chi connectivity index (χ2v) is 12.8. The van der Waals surface area contributed by atoms with Gasteiger partial charge >= 0.3 is 0 Å². The van der Waals surface area contributed by atoms with Gasteiger partial charge < -0.3 is 0 Å². The highest BCUT2D eigenvalue weighted by atomic mass is 14.7. The van der Waals surface area contributed by atoms with Crippen LogP contribution >= 0.6 is 0 Å². The Balaban J connectivity index is 1.22. The molecule has 3 heterocycles. The van der Waals surface area contributed by atoms with Crippen molar-refractivity contribution in [2.24, 2.45) is 0 Å². The van der Waals surface area contributed by atoms with Crippen LogP contribution < -0.4 is 0 Å². The Kier molecular flexibility index (Phi) is 6.49. The molecule has 0 fully saturated rings. The van der Waals surface area contributed by atoms with Gasteiger partial charge in [0.05, 0.1) is 11.2 Å². The van der Waals surface area contributed by atoms with Crippen molar-refractivity contribution in [1.29, 1.82) is 0 Å². The van der Waals surface area contributed by atoms with Crippen LogP contribution in [0.3, 0.4) is 0 Å². The van der Waals surface area contributed by atoms with E-state index in [1.54, 1.807) is 0 Å². The largest absolute Gasteiger partial charge is 0.264 e. The van der Waals surface area contributed by atoms with Crippen molar-refractivity contribution in [1.82, 2.24) is 15.0 Å². The zero-order valence-corrected chi connectivity index (χ0v) is 27.1. The van der Waals surface area contributed by atoms with Crippen LogP contribution in [0.1, 0.15) is 0 Å². The van der Waals surface area contributed by atoms with Gasteiger partial charge in [0.2, 0.25) is 0 Å². The normalized spacial score (nSPS) is 11.6. The SMILES string of the molecule is c1cncc(-c2cc(-c3ccc(-c4nc5c6ccccc6c6ccccc6c5c5ccc6ccccc6c45)cc3)cc(-c3cccnc3)c2)c1. The van der Waals surface area contributed by atoms with Crippen LogP contribution in [0.15, 0.2) is 176 Å². The lowest BCUT2D eigenvalue weighted by Gasteiger charge is -2.17. The van der Waals surface area contributed by atoms with Crippen molar-refractivity contribution in [2.75, 3.05) is 0 Å². The zero-order valence-electron chi connectivity index (χ0n) is 27.1. The van der Waals surface area contributed by atoms with Gasteiger partial charge in [-0.25, -0.2) is 4.98 Å². The summed E-state index contributed by atoms with van der Waals surface area (Å²) in [7, 11) is 0. The van der Waals surface area contributed by atoms with Crippen LogP contribution in [0.4, 0.5) is 0 Å². The molecule has 0 radical (unpaired) electrons. The summed E-state index contributed by atoms with van der Waals surface area (Å²) in [5.41, 5.74) is 9.78. The molecule has 0 aliphatic carbocycles. The van der Waals surface area contributed by atoms with Crippen molar-refractivity contribution >= 4 is 54.0 Å². The maximum atomic E-state index is 5.60. The predicted octanol–water partition coefficient (Wildman–Crippen LogP) is 12.3. The number of benzene rings is 7. The molecule has 0 saturated heterocycles. The number of fused-ring (bicyclic) bond motifs is 10. The molecule has 3 heteroatoms. The van der Waals surface area contributed by atoms with Crippen molar-refractivity contribution in [3.63, 3.8) is 0 Å². The molecule has 10 rings (SSSR count). The van der Waals surface area contributed by atoms with Crippen LogP contribution in [-0.2, 0) is 0 Å². The third-order valence-corrected chi connectivity index (χ3v) is 9.98. The fraction of sp³-hybridized carbons (Fsp3) is 0. The zero-order chi connectivity index (χ0) is 33.0. The molecule has 50 heavy (non-hydrogen) atoms. The van der Waals surface area contributed by atoms with Gasteiger partial charge in [-0.05, 0) is 84.9 Å². The topological polar surface area (TPSA) is 38.7 Å². The summed E-state index contributed by atoms with van der Waals surface area (Å²) in [6, 6.07) is 54.5. The summed E-state index contributed by atoms with van der Waals surface area (Å²) >= 11 is 0. The van der Waals surface area contributed by atoms with Crippen LogP contribution in [0, 0.1) is 0 Å². The minimum Gasteiger partial charge on any atom is -0.264 e. The quantitative estimate of drug-likeness (QED) is 0.181. The van der Waals surface area contributed by atoms with E-state index in [1.807, 2.05) is 36.9 Å². The first kappa shape index (κ1) is 28.3. The lowest BCUT2D eigenvalue weighted by Crippen LogP contribution is -1.94. The third kappa shape index (κ3) is 4.56. The lowest BCUT2D eigenvalue weighted by atomic mass is 9.90. The van der Waals surface area contributed by atoms with E-state index in [4.69, 9.17) is 4.98 Å². The average molecular weight is 636 g/mol. The second kappa shape index (κ2) is 11.5. The summed E-state index contributed by atoms with van der Waals surface area (Å²) in [6.07, 6.45) is 7.46. The highest BCUT2D eigenvalue weighted by molar-refractivity contribution is 6.33. The summed E-state index contributed by atoms with van der Waals surface area (Å²) in [4.78, 5) is 14.4. The van der Waals surface area contributed by atoms with E-state index in [-0.39, 0.29) is 0 Å². The molecule has 0 amide bonds. The highest BCUT2D eigenvalue weighted by Crippen LogP contribution is 2.43. The molecule has 0 N–H and O–H groups in total. The number of pyridine rings is 3. The smallest absolute Gasteiger partial charge is 0.0800 e. The van der Waals surface area contributed by atoms with Gasteiger partial charge in [-0.2, -0.15) is 0 Å². The van der Waals surface area contributed by atoms with Gasteiger partial charge in [-0.15, -0.1) is 0 Å².